The van der Waals surface area contributed by atoms with Crippen LogP contribution >= 0.6 is 0 Å². The summed E-state index contributed by atoms with van der Waals surface area (Å²) in [6.07, 6.45) is 0.666. The van der Waals surface area contributed by atoms with Crippen LogP contribution in [0.15, 0.2) is 12.1 Å². The number of hydrogen-bond donors (Lipinski definition) is 2. The largest absolute Gasteiger partial charge is 0.496 e. The maximum absolute atomic E-state index is 6.07. The lowest BCUT2D eigenvalue weighted by molar-refractivity contribution is 0.363. The van der Waals surface area contributed by atoms with E-state index in [1.807, 2.05) is 0 Å². The highest BCUT2D eigenvalue weighted by Crippen LogP contribution is 2.38. The van der Waals surface area contributed by atoms with Gasteiger partial charge in [-0.1, -0.05) is 0 Å². The molecule has 0 heterocycles. The van der Waals surface area contributed by atoms with E-state index in [4.69, 9.17) is 25.7 Å². The molecule has 17 heavy (non-hydrogen) atoms. The average Bonchev–Trinajstić information content (AvgIpc) is 2.37. The normalized spacial score (nSPS) is 12.1. The van der Waals surface area contributed by atoms with Crippen molar-refractivity contribution in [2.45, 2.75) is 12.5 Å². The van der Waals surface area contributed by atoms with E-state index in [9.17, 15) is 0 Å². The second-order valence-corrected chi connectivity index (χ2v) is 3.63. The first-order chi connectivity index (χ1) is 8.17. The quantitative estimate of drug-likeness (QED) is 0.777. The summed E-state index contributed by atoms with van der Waals surface area (Å²) in [6, 6.07) is 3.36. The molecule has 0 amide bonds. The van der Waals surface area contributed by atoms with Crippen LogP contribution in [0.5, 0.6) is 17.2 Å². The zero-order valence-electron chi connectivity index (χ0n) is 10.5. The molecule has 0 fully saturated rings. The molecule has 0 spiro atoms. The predicted octanol–water partition coefficient (Wildman–Crippen LogP) is 1.06. The zero-order chi connectivity index (χ0) is 12.8. The minimum atomic E-state index is -0.212. The van der Waals surface area contributed by atoms with Gasteiger partial charge in [0.2, 0.25) is 0 Å². The van der Waals surface area contributed by atoms with Crippen LogP contribution in [0.2, 0.25) is 0 Å². The fourth-order valence-corrected chi connectivity index (χ4v) is 1.72. The van der Waals surface area contributed by atoms with E-state index < -0.39 is 0 Å². The third kappa shape index (κ3) is 3.01. The minimum Gasteiger partial charge on any atom is -0.496 e. The molecule has 1 rings (SSSR count). The lowest BCUT2D eigenvalue weighted by Gasteiger charge is -2.19. The van der Waals surface area contributed by atoms with Crippen LogP contribution in [0.4, 0.5) is 0 Å². The van der Waals surface area contributed by atoms with E-state index in [-0.39, 0.29) is 6.04 Å². The van der Waals surface area contributed by atoms with Gasteiger partial charge in [0, 0.05) is 18.2 Å². The summed E-state index contributed by atoms with van der Waals surface area (Å²) in [6.45, 7) is 0.513. The van der Waals surface area contributed by atoms with Crippen molar-refractivity contribution < 1.29 is 14.2 Å². The molecular weight excluding hydrogens is 220 g/mol. The molecule has 0 aliphatic rings. The Morgan fingerprint density at radius 3 is 1.94 bits per heavy atom. The molecule has 5 heteroatoms. The molecule has 0 unspecified atom stereocenters. The SMILES string of the molecule is COc1cc(OC)c([C@H](N)CCN)c(OC)c1. The molecule has 4 N–H and O–H groups in total. The van der Waals surface area contributed by atoms with Crippen LogP contribution in [0.1, 0.15) is 18.0 Å². The van der Waals surface area contributed by atoms with Gasteiger partial charge in [-0.3, -0.25) is 0 Å². The van der Waals surface area contributed by atoms with E-state index in [0.717, 1.165) is 5.56 Å². The number of nitrogens with two attached hydrogens (primary N) is 2. The van der Waals surface area contributed by atoms with Gasteiger partial charge in [-0.05, 0) is 13.0 Å². The molecule has 0 saturated heterocycles. The maximum Gasteiger partial charge on any atom is 0.131 e. The summed E-state index contributed by atoms with van der Waals surface area (Å²) < 4.78 is 15.8. The molecule has 0 bridgehead atoms. The molecule has 1 atom stereocenters. The number of hydrogen-bond acceptors (Lipinski definition) is 5. The fourth-order valence-electron chi connectivity index (χ4n) is 1.72. The van der Waals surface area contributed by atoms with Crippen LogP contribution in [0, 0.1) is 0 Å². The van der Waals surface area contributed by atoms with Gasteiger partial charge < -0.3 is 25.7 Å². The second kappa shape index (κ2) is 6.32. The molecule has 0 aliphatic heterocycles. The topological polar surface area (TPSA) is 79.7 Å². The van der Waals surface area contributed by atoms with Gasteiger partial charge >= 0.3 is 0 Å². The third-order valence-electron chi connectivity index (χ3n) is 2.60. The van der Waals surface area contributed by atoms with Crippen LogP contribution in [0.25, 0.3) is 0 Å². The highest BCUT2D eigenvalue weighted by atomic mass is 16.5. The highest BCUT2D eigenvalue weighted by Gasteiger charge is 2.18. The summed E-state index contributed by atoms with van der Waals surface area (Å²) in [5.74, 6) is 1.98. The van der Waals surface area contributed by atoms with E-state index in [2.05, 4.69) is 0 Å². The summed E-state index contributed by atoms with van der Waals surface area (Å²) in [7, 11) is 4.77. The zero-order valence-corrected chi connectivity index (χ0v) is 10.5. The van der Waals surface area contributed by atoms with Gasteiger partial charge in [0.15, 0.2) is 0 Å². The smallest absolute Gasteiger partial charge is 0.131 e. The van der Waals surface area contributed by atoms with Gasteiger partial charge in [0.1, 0.15) is 17.2 Å². The molecule has 96 valence electrons. The first-order valence-corrected chi connectivity index (χ1v) is 5.43. The van der Waals surface area contributed by atoms with E-state index in [0.29, 0.717) is 30.2 Å². The maximum atomic E-state index is 6.07. The van der Waals surface area contributed by atoms with Crippen molar-refractivity contribution in [2.24, 2.45) is 11.5 Å². The Morgan fingerprint density at radius 2 is 1.59 bits per heavy atom. The molecule has 0 aromatic heterocycles. The minimum absolute atomic E-state index is 0.212. The predicted molar refractivity (Wildman–Crippen MR) is 66.7 cm³/mol. The number of ether oxygens (including phenoxy) is 3. The lowest BCUT2D eigenvalue weighted by Crippen LogP contribution is -2.17. The molecule has 0 aliphatic carbocycles. The van der Waals surface area contributed by atoms with Crippen molar-refractivity contribution in [3.63, 3.8) is 0 Å². The average molecular weight is 240 g/mol. The Bertz CT molecular complexity index is 344. The van der Waals surface area contributed by atoms with Gasteiger partial charge in [-0.2, -0.15) is 0 Å². The number of methoxy groups -OCH3 is 3. The molecule has 5 nitrogen and oxygen atoms in total. The van der Waals surface area contributed by atoms with Gasteiger partial charge in [0.05, 0.1) is 26.9 Å². The molecule has 1 aromatic carbocycles. The van der Waals surface area contributed by atoms with Gasteiger partial charge in [-0.25, -0.2) is 0 Å². The van der Waals surface area contributed by atoms with Crippen LogP contribution in [-0.2, 0) is 0 Å². The van der Waals surface area contributed by atoms with Crippen LogP contribution in [0.3, 0.4) is 0 Å². The van der Waals surface area contributed by atoms with Crippen molar-refractivity contribution >= 4 is 0 Å². The van der Waals surface area contributed by atoms with E-state index in [1.54, 1.807) is 33.5 Å². The van der Waals surface area contributed by atoms with E-state index >= 15 is 0 Å². The molecule has 0 radical (unpaired) electrons. The van der Waals surface area contributed by atoms with Crippen molar-refractivity contribution in [2.75, 3.05) is 27.9 Å². The third-order valence-corrected chi connectivity index (χ3v) is 2.60. The monoisotopic (exact) mass is 240 g/mol. The fraction of sp³-hybridized carbons (Fsp3) is 0.500. The second-order valence-electron chi connectivity index (χ2n) is 3.63. The highest BCUT2D eigenvalue weighted by molar-refractivity contribution is 5.52. The molecule has 1 aromatic rings. The standard InChI is InChI=1S/C12H20N2O3/c1-15-8-6-10(16-2)12(9(14)4-5-13)11(7-8)17-3/h6-7,9H,4-5,13-14H2,1-3H3/t9-/m1/s1. The number of benzene rings is 1. The van der Waals surface area contributed by atoms with Crippen LogP contribution in [-0.4, -0.2) is 27.9 Å². The summed E-state index contributed by atoms with van der Waals surface area (Å²) >= 11 is 0. The summed E-state index contributed by atoms with van der Waals surface area (Å²) in [5, 5.41) is 0. The Balaban J connectivity index is 3.23. The van der Waals surface area contributed by atoms with E-state index in [1.165, 1.54) is 0 Å². The first-order valence-electron chi connectivity index (χ1n) is 5.43. The summed E-state index contributed by atoms with van der Waals surface area (Å²) in [5.41, 5.74) is 12.4. The van der Waals surface area contributed by atoms with Gasteiger partial charge in [0.25, 0.3) is 0 Å². The molecule has 0 saturated carbocycles. The van der Waals surface area contributed by atoms with Crippen molar-refractivity contribution in [1.82, 2.24) is 0 Å². The Labute approximate surface area is 102 Å². The Kier molecular flexibility index (Phi) is 5.06. The molecular formula is C12H20N2O3. The van der Waals surface area contributed by atoms with Crippen molar-refractivity contribution in [3.8, 4) is 17.2 Å². The lowest BCUT2D eigenvalue weighted by atomic mass is 10.0. The van der Waals surface area contributed by atoms with Crippen LogP contribution < -0.4 is 25.7 Å². The number of rotatable bonds is 6. The van der Waals surface area contributed by atoms with Gasteiger partial charge in [-0.15, -0.1) is 0 Å². The first kappa shape index (κ1) is 13.6. The van der Waals surface area contributed by atoms with Crippen molar-refractivity contribution in [3.05, 3.63) is 17.7 Å². The Morgan fingerprint density at radius 1 is 1.06 bits per heavy atom. The Hall–Kier alpha value is -1.46. The summed E-state index contributed by atoms with van der Waals surface area (Å²) in [4.78, 5) is 0. The van der Waals surface area contributed by atoms with Crippen molar-refractivity contribution in [1.29, 1.82) is 0 Å².